The second kappa shape index (κ2) is 6.95. The fourth-order valence-electron chi connectivity index (χ4n) is 2.13. The first-order valence-electron chi connectivity index (χ1n) is 6.86. The molecule has 2 rings (SSSR count). The Morgan fingerprint density at radius 3 is 2.26 bits per heavy atom. The minimum atomic E-state index is 0.219. The SMILES string of the molecule is CC(N)Cc1ccc(NCCc2ccccc2)cc1. The summed E-state index contributed by atoms with van der Waals surface area (Å²) in [4.78, 5) is 0. The monoisotopic (exact) mass is 254 g/mol. The van der Waals surface area contributed by atoms with Gasteiger partial charge in [0.2, 0.25) is 0 Å². The van der Waals surface area contributed by atoms with E-state index in [0.29, 0.717) is 0 Å². The summed E-state index contributed by atoms with van der Waals surface area (Å²) in [6.07, 6.45) is 1.98. The van der Waals surface area contributed by atoms with Crippen LogP contribution >= 0.6 is 0 Å². The molecule has 0 saturated heterocycles. The summed E-state index contributed by atoms with van der Waals surface area (Å²) in [5, 5.41) is 3.44. The number of benzene rings is 2. The summed E-state index contributed by atoms with van der Waals surface area (Å²) in [5.74, 6) is 0. The molecule has 1 atom stereocenters. The molecule has 1 unspecified atom stereocenters. The maximum absolute atomic E-state index is 5.79. The first-order valence-corrected chi connectivity index (χ1v) is 6.86. The van der Waals surface area contributed by atoms with Crippen LogP contribution in [0.25, 0.3) is 0 Å². The highest BCUT2D eigenvalue weighted by Crippen LogP contribution is 2.11. The Morgan fingerprint density at radius 2 is 1.63 bits per heavy atom. The molecule has 0 aliphatic rings. The van der Waals surface area contributed by atoms with Gasteiger partial charge >= 0.3 is 0 Å². The van der Waals surface area contributed by atoms with Crippen LogP contribution in [0.1, 0.15) is 18.1 Å². The number of rotatable bonds is 6. The maximum Gasteiger partial charge on any atom is 0.0340 e. The summed E-state index contributed by atoms with van der Waals surface area (Å²) in [7, 11) is 0. The summed E-state index contributed by atoms with van der Waals surface area (Å²) in [6, 6.07) is 19.3. The molecule has 0 saturated carbocycles. The van der Waals surface area contributed by atoms with Crippen molar-refractivity contribution in [2.75, 3.05) is 11.9 Å². The summed E-state index contributed by atoms with van der Waals surface area (Å²) in [5.41, 5.74) is 9.62. The second-order valence-corrected chi connectivity index (χ2v) is 5.04. The average molecular weight is 254 g/mol. The molecule has 0 aliphatic carbocycles. The minimum absolute atomic E-state index is 0.219. The molecule has 0 spiro atoms. The van der Waals surface area contributed by atoms with Gasteiger partial charge in [0, 0.05) is 18.3 Å². The average Bonchev–Trinajstić information content (AvgIpc) is 2.41. The van der Waals surface area contributed by atoms with Gasteiger partial charge in [-0.15, -0.1) is 0 Å². The molecule has 100 valence electrons. The van der Waals surface area contributed by atoms with Crippen molar-refractivity contribution in [3.05, 3.63) is 65.7 Å². The summed E-state index contributed by atoms with van der Waals surface area (Å²) < 4.78 is 0. The minimum Gasteiger partial charge on any atom is -0.385 e. The lowest BCUT2D eigenvalue weighted by Crippen LogP contribution is -2.17. The summed E-state index contributed by atoms with van der Waals surface area (Å²) >= 11 is 0. The van der Waals surface area contributed by atoms with Crippen LogP contribution in [0.15, 0.2) is 54.6 Å². The number of anilines is 1. The van der Waals surface area contributed by atoms with Crippen molar-refractivity contribution in [3.8, 4) is 0 Å². The molecule has 0 aromatic heterocycles. The van der Waals surface area contributed by atoms with Crippen LogP contribution in [0.3, 0.4) is 0 Å². The van der Waals surface area contributed by atoms with Gasteiger partial charge in [0.15, 0.2) is 0 Å². The molecular formula is C17H22N2. The molecule has 2 aromatic carbocycles. The van der Waals surface area contributed by atoms with Crippen LogP contribution in [-0.2, 0) is 12.8 Å². The van der Waals surface area contributed by atoms with Crippen LogP contribution in [0.2, 0.25) is 0 Å². The smallest absolute Gasteiger partial charge is 0.0340 e. The highest BCUT2D eigenvalue weighted by molar-refractivity contribution is 5.44. The third kappa shape index (κ3) is 4.76. The Kier molecular flexibility index (Phi) is 4.99. The first kappa shape index (κ1) is 13.6. The maximum atomic E-state index is 5.79. The fourth-order valence-corrected chi connectivity index (χ4v) is 2.13. The van der Waals surface area contributed by atoms with E-state index in [1.807, 2.05) is 13.0 Å². The van der Waals surface area contributed by atoms with Crippen LogP contribution < -0.4 is 11.1 Å². The van der Waals surface area contributed by atoms with Gasteiger partial charge in [-0.3, -0.25) is 0 Å². The van der Waals surface area contributed by atoms with Gasteiger partial charge in [-0.05, 0) is 43.0 Å². The molecule has 2 nitrogen and oxygen atoms in total. The molecule has 0 heterocycles. The van der Waals surface area contributed by atoms with E-state index in [-0.39, 0.29) is 6.04 Å². The highest BCUT2D eigenvalue weighted by Gasteiger charge is 1.98. The van der Waals surface area contributed by atoms with Gasteiger partial charge in [-0.25, -0.2) is 0 Å². The Hall–Kier alpha value is -1.80. The highest BCUT2D eigenvalue weighted by atomic mass is 14.9. The van der Waals surface area contributed by atoms with Crippen molar-refractivity contribution in [1.29, 1.82) is 0 Å². The Bertz CT molecular complexity index is 474. The first-order chi connectivity index (χ1) is 9.24. The van der Waals surface area contributed by atoms with E-state index in [9.17, 15) is 0 Å². The lowest BCUT2D eigenvalue weighted by atomic mass is 10.1. The molecule has 2 aromatic rings. The van der Waals surface area contributed by atoms with Crippen LogP contribution in [0.5, 0.6) is 0 Å². The number of hydrogen-bond acceptors (Lipinski definition) is 2. The fraction of sp³-hybridized carbons (Fsp3) is 0.294. The van der Waals surface area contributed by atoms with E-state index < -0.39 is 0 Å². The van der Waals surface area contributed by atoms with Gasteiger partial charge in [0.1, 0.15) is 0 Å². The van der Waals surface area contributed by atoms with Crippen molar-refractivity contribution >= 4 is 5.69 Å². The van der Waals surface area contributed by atoms with E-state index in [0.717, 1.165) is 19.4 Å². The topological polar surface area (TPSA) is 38.0 Å². The lowest BCUT2D eigenvalue weighted by molar-refractivity contribution is 0.738. The zero-order valence-electron chi connectivity index (χ0n) is 11.5. The van der Waals surface area contributed by atoms with Gasteiger partial charge in [0.05, 0.1) is 0 Å². The molecule has 2 heteroatoms. The quantitative estimate of drug-likeness (QED) is 0.830. The Morgan fingerprint density at radius 1 is 0.947 bits per heavy atom. The normalized spacial score (nSPS) is 12.1. The van der Waals surface area contributed by atoms with E-state index >= 15 is 0 Å². The zero-order chi connectivity index (χ0) is 13.5. The van der Waals surface area contributed by atoms with E-state index in [1.54, 1.807) is 0 Å². The van der Waals surface area contributed by atoms with E-state index in [1.165, 1.54) is 16.8 Å². The number of nitrogens with two attached hydrogens (primary N) is 1. The van der Waals surface area contributed by atoms with Gasteiger partial charge < -0.3 is 11.1 Å². The molecule has 3 N–H and O–H groups in total. The predicted octanol–water partition coefficient (Wildman–Crippen LogP) is 3.23. The Labute approximate surface area is 115 Å². The van der Waals surface area contributed by atoms with Gasteiger partial charge in [0.25, 0.3) is 0 Å². The number of hydrogen-bond donors (Lipinski definition) is 2. The summed E-state index contributed by atoms with van der Waals surface area (Å²) in [6.45, 7) is 2.99. The molecule has 0 amide bonds. The van der Waals surface area contributed by atoms with E-state index in [2.05, 4.69) is 53.8 Å². The zero-order valence-corrected chi connectivity index (χ0v) is 11.5. The van der Waals surface area contributed by atoms with Crippen molar-refractivity contribution < 1.29 is 0 Å². The molecule has 19 heavy (non-hydrogen) atoms. The lowest BCUT2D eigenvalue weighted by Gasteiger charge is -2.09. The van der Waals surface area contributed by atoms with Crippen LogP contribution in [0.4, 0.5) is 5.69 Å². The molecule has 0 aliphatic heterocycles. The molecule has 0 fully saturated rings. The molecular weight excluding hydrogens is 232 g/mol. The van der Waals surface area contributed by atoms with Crippen molar-refractivity contribution in [2.45, 2.75) is 25.8 Å². The molecule has 0 bridgehead atoms. The third-order valence-corrected chi connectivity index (χ3v) is 3.10. The van der Waals surface area contributed by atoms with Crippen molar-refractivity contribution in [2.24, 2.45) is 5.73 Å². The van der Waals surface area contributed by atoms with E-state index in [4.69, 9.17) is 5.73 Å². The largest absolute Gasteiger partial charge is 0.385 e. The van der Waals surface area contributed by atoms with Gasteiger partial charge in [-0.2, -0.15) is 0 Å². The van der Waals surface area contributed by atoms with Crippen molar-refractivity contribution in [3.63, 3.8) is 0 Å². The van der Waals surface area contributed by atoms with Crippen molar-refractivity contribution in [1.82, 2.24) is 0 Å². The molecule has 0 radical (unpaired) electrons. The second-order valence-electron chi connectivity index (χ2n) is 5.04. The third-order valence-electron chi connectivity index (χ3n) is 3.10. The Balaban J connectivity index is 1.80. The standard InChI is InChI=1S/C17H22N2/c1-14(18)13-16-7-9-17(10-8-16)19-12-11-15-5-3-2-4-6-15/h2-10,14,19H,11-13,18H2,1H3. The van der Waals surface area contributed by atoms with Gasteiger partial charge in [-0.1, -0.05) is 42.5 Å². The predicted molar refractivity (Wildman–Crippen MR) is 82.4 cm³/mol. The number of nitrogens with one attached hydrogen (secondary N) is 1. The van der Waals surface area contributed by atoms with Crippen LogP contribution in [0, 0.1) is 0 Å². The van der Waals surface area contributed by atoms with Crippen LogP contribution in [-0.4, -0.2) is 12.6 Å².